The van der Waals surface area contributed by atoms with E-state index in [9.17, 15) is 14.7 Å². The molecular weight excluding hydrogens is 286 g/mol. The molecule has 0 aliphatic carbocycles. The summed E-state index contributed by atoms with van der Waals surface area (Å²) < 4.78 is 10.4. The number of carbonyl (C=O) groups excluding carboxylic acids is 2. The first-order chi connectivity index (χ1) is 10.5. The number of rotatable bonds is 6. The molecule has 0 aliphatic heterocycles. The molecule has 6 nitrogen and oxygen atoms in total. The van der Waals surface area contributed by atoms with Gasteiger partial charge < -0.3 is 19.6 Å². The molecule has 2 N–H and O–H groups in total. The van der Waals surface area contributed by atoms with Crippen molar-refractivity contribution in [1.82, 2.24) is 5.32 Å². The maximum atomic E-state index is 11.9. The molecule has 118 valence electrons. The molecule has 1 aromatic carbocycles. The van der Waals surface area contributed by atoms with Crippen LogP contribution in [0.1, 0.15) is 25.8 Å². The molecule has 1 heterocycles. The molecule has 1 amide bonds. The average Bonchev–Trinajstić information content (AvgIpc) is 2.86. The molecule has 22 heavy (non-hydrogen) atoms. The van der Waals surface area contributed by atoms with Crippen molar-refractivity contribution in [3.63, 3.8) is 0 Å². The van der Waals surface area contributed by atoms with Crippen LogP contribution < -0.4 is 5.32 Å². The standard InChI is InChI=1S/C16H19NO5/c1-3-6-17-16(20)10(2)22-15(19)7-11-9-21-14-8-12(18)4-5-13(11)14/h4-5,8-10,18H,3,6-7H2,1-2H3,(H,17,20)/t10-/m1/s1. The Balaban J connectivity index is 1.97. The van der Waals surface area contributed by atoms with Crippen LogP contribution in [-0.4, -0.2) is 29.6 Å². The molecule has 1 atom stereocenters. The van der Waals surface area contributed by atoms with E-state index in [-0.39, 0.29) is 18.1 Å². The Labute approximate surface area is 128 Å². The second-order valence-corrected chi connectivity index (χ2v) is 5.04. The maximum absolute atomic E-state index is 11.9. The summed E-state index contributed by atoms with van der Waals surface area (Å²) in [6, 6.07) is 4.67. The van der Waals surface area contributed by atoms with E-state index in [1.54, 1.807) is 6.07 Å². The lowest BCUT2D eigenvalue weighted by Crippen LogP contribution is -2.36. The number of esters is 1. The third-order valence-electron chi connectivity index (χ3n) is 3.20. The highest BCUT2D eigenvalue weighted by Crippen LogP contribution is 2.25. The van der Waals surface area contributed by atoms with Gasteiger partial charge >= 0.3 is 5.97 Å². The van der Waals surface area contributed by atoms with Crippen molar-refractivity contribution in [3.8, 4) is 5.75 Å². The first kappa shape index (κ1) is 15.9. The van der Waals surface area contributed by atoms with Crippen LogP contribution in [0.5, 0.6) is 5.75 Å². The number of hydrogen-bond donors (Lipinski definition) is 2. The fraction of sp³-hybridized carbons (Fsp3) is 0.375. The van der Waals surface area contributed by atoms with E-state index >= 15 is 0 Å². The van der Waals surface area contributed by atoms with Gasteiger partial charge in [0.2, 0.25) is 0 Å². The summed E-state index contributed by atoms with van der Waals surface area (Å²) in [6.07, 6.45) is 1.44. The van der Waals surface area contributed by atoms with E-state index in [0.717, 1.165) is 11.8 Å². The van der Waals surface area contributed by atoms with Gasteiger partial charge in [-0.2, -0.15) is 0 Å². The highest BCUT2D eigenvalue weighted by molar-refractivity contribution is 5.88. The second kappa shape index (κ2) is 6.98. The number of aromatic hydroxyl groups is 1. The Bertz CT molecular complexity index is 676. The predicted octanol–water partition coefficient (Wildman–Crippen LogP) is 2.14. The van der Waals surface area contributed by atoms with Gasteiger partial charge in [-0.3, -0.25) is 9.59 Å². The minimum Gasteiger partial charge on any atom is -0.508 e. The first-order valence-corrected chi connectivity index (χ1v) is 7.17. The quantitative estimate of drug-likeness (QED) is 0.798. The topological polar surface area (TPSA) is 88.8 Å². The molecule has 0 spiro atoms. The zero-order chi connectivity index (χ0) is 16.1. The molecule has 0 fully saturated rings. The molecule has 0 saturated heterocycles. The number of hydrogen-bond acceptors (Lipinski definition) is 5. The summed E-state index contributed by atoms with van der Waals surface area (Å²) in [6.45, 7) is 4.03. The Kier molecular flexibility index (Phi) is 5.04. The molecule has 0 radical (unpaired) electrons. The highest BCUT2D eigenvalue weighted by atomic mass is 16.5. The molecule has 2 rings (SSSR count). The van der Waals surface area contributed by atoms with Gasteiger partial charge in [0, 0.05) is 23.6 Å². The zero-order valence-corrected chi connectivity index (χ0v) is 12.6. The SMILES string of the molecule is CCCNC(=O)[C@@H](C)OC(=O)Cc1coc2cc(O)ccc12. The second-order valence-electron chi connectivity index (χ2n) is 5.04. The van der Waals surface area contributed by atoms with E-state index in [2.05, 4.69) is 5.32 Å². The van der Waals surface area contributed by atoms with Crippen molar-refractivity contribution in [2.45, 2.75) is 32.8 Å². The van der Waals surface area contributed by atoms with Crippen molar-refractivity contribution in [1.29, 1.82) is 0 Å². The lowest BCUT2D eigenvalue weighted by atomic mass is 10.1. The van der Waals surface area contributed by atoms with Crippen LogP contribution >= 0.6 is 0 Å². The Morgan fingerprint density at radius 2 is 2.18 bits per heavy atom. The molecule has 0 aliphatic rings. The van der Waals surface area contributed by atoms with Crippen LogP contribution in [0, 0.1) is 0 Å². The van der Waals surface area contributed by atoms with E-state index in [0.29, 0.717) is 17.7 Å². The van der Waals surface area contributed by atoms with Crippen LogP contribution in [0.3, 0.4) is 0 Å². The van der Waals surface area contributed by atoms with Crippen LogP contribution in [0.25, 0.3) is 11.0 Å². The molecule has 2 aromatic rings. The number of ether oxygens (including phenoxy) is 1. The summed E-state index contributed by atoms with van der Waals surface area (Å²) in [5.74, 6) is -0.718. The largest absolute Gasteiger partial charge is 0.508 e. The third-order valence-corrected chi connectivity index (χ3v) is 3.20. The molecule has 0 bridgehead atoms. The van der Waals surface area contributed by atoms with Gasteiger partial charge in [-0.1, -0.05) is 6.92 Å². The van der Waals surface area contributed by atoms with Crippen molar-refractivity contribution >= 4 is 22.8 Å². The maximum Gasteiger partial charge on any atom is 0.311 e. The summed E-state index contributed by atoms with van der Waals surface area (Å²) in [5.41, 5.74) is 1.15. The first-order valence-electron chi connectivity index (χ1n) is 7.17. The molecular formula is C16H19NO5. The average molecular weight is 305 g/mol. The highest BCUT2D eigenvalue weighted by Gasteiger charge is 2.19. The number of amides is 1. The number of benzene rings is 1. The van der Waals surface area contributed by atoms with Gasteiger partial charge in [0.15, 0.2) is 6.10 Å². The number of fused-ring (bicyclic) bond motifs is 1. The van der Waals surface area contributed by atoms with Crippen molar-refractivity contribution in [2.75, 3.05) is 6.54 Å². The van der Waals surface area contributed by atoms with Gasteiger partial charge in [-0.25, -0.2) is 0 Å². The fourth-order valence-corrected chi connectivity index (χ4v) is 2.05. The minimum atomic E-state index is -0.832. The summed E-state index contributed by atoms with van der Waals surface area (Å²) >= 11 is 0. The van der Waals surface area contributed by atoms with Crippen LogP contribution in [0.4, 0.5) is 0 Å². The zero-order valence-electron chi connectivity index (χ0n) is 12.6. The molecule has 1 aromatic heterocycles. The van der Waals surface area contributed by atoms with Crippen LogP contribution in [0.15, 0.2) is 28.9 Å². The van der Waals surface area contributed by atoms with E-state index in [1.165, 1.54) is 25.3 Å². The Morgan fingerprint density at radius 1 is 1.41 bits per heavy atom. The smallest absolute Gasteiger partial charge is 0.311 e. The van der Waals surface area contributed by atoms with E-state index in [1.807, 2.05) is 6.92 Å². The number of carbonyl (C=O) groups is 2. The lowest BCUT2D eigenvalue weighted by Gasteiger charge is -2.12. The van der Waals surface area contributed by atoms with E-state index in [4.69, 9.17) is 9.15 Å². The van der Waals surface area contributed by atoms with Gasteiger partial charge in [0.1, 0.15) is 11.3 Å². The van der Waals surface area contributed by atoms with Crippen LogP contribution in [0.2, 0.25) is 0 Å². The summed E-state index contributed by atoms with van der Waals surface area (Å²) in [5, 5.41) is 12.8. The normalized spacial score (nSPS) is 12.1. The number of phenolic OH excluding ortho intramolecular Hbond substituents is 1. The Morgan fingerprint density at radius 3 is 2.91 bits per heavy atom. The number of phenols is 1. The predicted molar refractivity (Wildman–Crippen MR) is 80.4 cm³/mol. The Hall–Kier alpha value is -2.50. The van der Waals surface area contributed by atoms with Gasteiger partial charge in [-0.15, -0.1) is 0 Å². The summed E-state index contributed by atoms with van der Waals surface area (Å²) in [4.78, 5) is 23.6. The van der Waals surface area contributed by atoms with Crippen LogP contribution in [-0.2, 0) is 20.7 Å². The number of nitrogens with one attached hydrogen (secondary N) is 1. The van der Waals surface area contributed by atoms with E-state index < -0.39 is 12.1 Å². The number of furan rings is 1. The fourth-order valence-electron chi connectivity index (χ4n) is 2.05. The monoisotopic (exact) mass is 305 g/mol. The third kappa shape index (κ3) is 3.78. The van der Waals surface area contributed by atoms with Gasteiger partial charge in [0.25, 0.3) is 5.91 Å². The van der Waals surface area contributed by atoms with Gasteiger partial charge in [0.05, 0.1) is 12.7 Å². The summed E-state index contributed by atoms with van der Waals surface area (Å²) in [7, 11) is 0. The molecule has 0 unspecified atom stereocenters. The molecule has 6 heteroatoms. The van der Waals surface area contributed by atoms with Crippen molar-refractivity contribution in [3.05, 3.63) is 30.0 Å². The van der Waals surface area contributed by atoms with Gasteiger partial charge in [-0.05, 0) is 25.5 Å². The minimum absolute atomic E-state index is 0.00315. The van der Waals surface area contributed by atoms with Crippen molar-refractivity contribution < 1.29 is 23.8 Å². The molecule has 0 saturated carbocycles. The lowest BCUT2D eigenvalue weighted by molar-refractivity contribution is -0.154. The van der Waals surface area contributed by atoms with Crippen molar-refractivity contribution in [2.24, 2.45) is 0 Å².